The lowest BCUT2D eigenvalue weighted by atomic mass is 10.8. The van der Waals surface area contributed by atoms with Gasteiger partial charge in [-0.15, -0.1) is 0 Å². The summed E-state index contributed by atoms with van der Waals surface area (Å²) in [4.78, 5) is 3.86. The summed E-state index contributed by atoms with van der Waals surface area (Å²) in [5, 5.41) is 0. The van der Waals surface area contributed by atoms with Crippen LogP contribution in [0.2, 0.25) is 0 Å². The Hall–Kier alpha value is -0.180. The summed E-state index contributed by atoms with van der Waals surface area (Å²) in [6, 6.07) is 0. The Bertz CT molecular complexity index is 97.0. The van der Waals surface area contributed by atoms with Gasteiger partial charge in [-0.2, -0.15) is 0 Å². The lowest BCUT2D eigenvalue weighted by molar-refractivity contribution is 1.18. The molecule has 0 saturated carbocycles. The highest BCUT2D eigenvalue weighted by Crippen LogP contribution is 1.87. The van der Waals surface area contributed by atoms with Gasteiger partial charge >= 0.3 is 0 Å². The van der Waals surface area contributed by atoms with Crippen LogP contribution >= 0.6 is 0 Å². The van der Waals surface area contributed by atoms with E-state index in [1.54, 1.807) is 5.55 Å². The fourth-order valence-corrected chi connectivity index (χ4v) is 1.04. The standard InChI is InChI=1S/C3H6N2S/c4-6-2-1-5-3-6/h3-4H,1-2H2. The van der Waals surface area contributed by atoms with Gasteiger partial charge in [-0.3, -0.25) is 9.77 Å². The molecule has 1 atom stereocenters. The first-order valence-corrected chi connectivity index (χ1v) is 3.26. The second-order valence-electron chi connectivity index (χ2n) is 1.14. The second kappa shape index (κ2) is 1.51. The van der Waals surface area contributed by atoms with E-state index in [1.165, 1.54) is 0 Å². The van der Waals surface area contributed by atoms with Gasteiger partial charge in [0.25, 0.3) is 0 Å². The van der Waals surface area contributed by atoms with Gasteiger partial charge in [-0.1, -0.05) is 10.7 Å². The van der Waals surface area contributed by atoms with Crippen molar-refractivity contribution < 1.29 is 0 Å². The quantitative estimate of drug-likeness (QED) is 0.460. The Morgan fingerprint density at radius 3 is 2.83 bits per heavy atom. The molecule has 0 saturated heterocycles. The van der Waals surface area contributed by atoms with Gasteiger partial charge in [0, 0.05) is 12.3 Å². The maximum absolute atomic E-state index is 7.01. The Labute approximate surface area is 39.2 Å². The van der Waals surface area contributed by atoms with E-state index in [1.807, 2.05) is 0 Å². The summed E-state index contributed by atoms with van der Waals surface area (Å²) in [7, 11) is -0.215. The predicted octanol–water partition coefficient (Wildman–Crippen LogP) is 0.409. The summed E-state index contributed by atoms with van der Waals surface area (Å²) in [6.07, 6.45) is 0. The van der Waals surface area contributed by atoms with E-state index in [0.29, 0.717) is 0 Å². The Balaban J connectivity index is 2.59. The summed E-state index contributed by atoms with van der Waals surface area (Å²) < 4.78 is 7.01. The molecule has 1 rings (SSSR count). The first kappa shape index (κ1) is 3.99. The molecule has 1 aliphatic heterocycles. The second-order valence-corrected chi connectivity index (χ2v) is 2.62. The molecule has 2 nitrogen and oxygen atoms in total. The van der Waals surface area contributed by atoms with Crippen LogP contribution < -0.4 is 0 Å². The smallest absolute Gasteiger partial charge is 0.0648 e. The summed E-state index contributed by atoms with van der Waals surface area (Å²) >= 11 is 0. The number of hydrogen-bond acceptors (Lipinski definition) is 2. The minimum Gasteiger partial charge on any atom is -0.284 e. The van der Waals surface area contributed by atoms with E-state index >= 15 is 0 Å². The highest BCUT2D eigenvalue weighted by Gasteiger charge is 1.93. The van der Waals surface area contributed by atoms with E-state index in [2.05, 4.69) is 4.99 Å². The fourth-order valence-electron chi connectivity index (χ4n) is 0.346. The molecule has 0 aromatic heterocycles. The van der Waals surface area contributed by atoms with Gasteiger partial charge in [0.1, 0.15) is 0 Å². The normalized spacial score (nSPS) is 31.7. The van der Waals surface area contributed by atoms with Crippen molar-refractivity contribution in [2.75, 3.05) is 12.3 Å². The minimum absolute atomic E-state index is 0.215. The maximum Gasteiger partial charge on any atom is 0.0648 e. The fraction of sp³-hybridized carbons (Fsp3) is 0.667. The monoisotopic (exact) mass is 102 g/mol. The largest absolute Gasteiger partial charge is 0.284 e. The molecule has 1 unspecified atom stereocenters. The van der Waals surface area contributed by atoms with E-state index in [4.69, 9.17) is 4.78 Å². The Morgan fingerprint density at radius 2 is 2.67 bits per heavy atom. The molecule has 0 aliphatic carbocycles. The number of nitrogens with one attached hydrogen (secondary N) is 1. The van der Waals surface area contributed by atoms with Gasteiger partial charge in [0.05, 0.1) is 5.55 Å². The molecule has 0 bridgehead atoms. The number of hydrogen-bond donors (Lipinski definition) is 1. The van der Waals surface area contributed by atoms with Crippen LogP contribution in [0, 0.1) is 4.78 Å². The molecule has 0 spiro atoms. The third-order valence-corrected chi connectivity index (χ3v) is 1.67. The third kappa shape index (κ3) is 0.653. The van der Waals surface area contributed by atoms with Gasteiger partial charge in [-0.05, 0) is 0 Å². The Morgan fingerprint density at radius 1 is 1.83 bits per heavy atom. The third-order valence-electron chi connectivity index (χ3n) is 0.642. The molecule has 1 aliphatic rings. The molecular formula is C3H6N2S. The van der Waals surface area contributed by atoms with Crippen LogP contribution in [0.5, 0.6) is 0 Å². The van der Waals surface area contributed by atoms with Crippen molar-refractivity contribution in [1.82, 2.24) is 0 Å². The van der Waals surface area contributed by atoms with Crippen molar-refractivity contribution in [3.8, 4) is 0 Å². The van der Waals surface area contributed by atoms with Crippen LogP contribution in [0.1, 0.15) is 0 Å². The van der Waals surface area contributed by atoms with Crippen molar-refractivity contribution in [3.05, 3.63) is 0 Å². The van der Waals surface area contributed by atoms with Crippen molar-refractivity contribution in [2.24, 2.45) is 4.99 Å². The highest BCUT2D eigenvalue weighted by atomic mass is 32.2. The van der Waals surface area contributed by atoms with Gasteiger partial charge in [0.15, 0.2) is 0 Å². The van der Waals surface area contributed by atoms with Crippen molar-refractivity contribution in [1.29, 1.82) is 4.78 Å². The van der Waals surface area contributed by atoms with E-state index < -0.39 is 0 Å². The summed E-state index contributed by atoms with van der Waals surface area (Å²) in [6.45, 7) is 0.882. The molecular weight excluding hydrogens is 96.1 g/mol. The maximum atomic E-state index is 7.01. The van der Waals surface area contributed by atoms with Crippen molar-refractivity contribution >= 4 is 16.2 Å². The molecule has 34 valence electrons. The average molecular weight is 102 g/mol. The average Bonchev–Trinajstić information content (AvgIpc) is 1.86. The van der Waals surface area contributed by atoms with Crippen LogP contribution in [0.15, 0.2) is 4.99 Å². The molecule has 6 heavy (non-hydrogen) atoms. The van der Waals surface area contributed by atoms with Gasteiger partial charge < -0.3 is 0 Å². The van der Waals surface area contributed by atoms with E-state index in [-0.39, 0.29) is 10.7 Å². The van der Waals surface area contributed by atoms with E-state index in [0.717, 1.165) is 12.3 Å². The molecule has 0 radical (unpaired) electrons. The van der Waals surface area contributed by atoms with Crippen LogP contribution in [0.4, 0.5) is 0 Å². The Kier molecular flexibility index (Phi) is 1.01. The van der Waals surface area contributed by atoms with E-state index in [9.17, 15) is 0 Å². The minimum atomic E-state index is -0.215. The summed E-state index contributed by atoms with van der Waals surface area (Å²) in [5.74, 6) is 0.958. The molecule has 0 aromatic carbocycles. The van der Waals surface area contributed by atoms with Crippen molar-refractivity contribution in [2.45, 2.75) is 0 Å². The van der Waals surface area contributed by atoms with Gasteiger partial charge in [0.2, 0.25) is 0 Å². The zero-order valence-corrected chi connectivity index (χ0v) is 4.16. The topological polar surface area (TPSA) is 36.2 Å². The lowest BCUT2D eigenvalue weighted by Gasteiger charge is -1.76. The van der Waals surface area contributed by atoms with Crippen LogP contribution in [0.25, 0.3) is 0 Å². The summed E-state index contributed by atoms with van der Waals surface area (Å²) in [5.41, 5.74) is 1.72. The van der Waals surface area contributed by atoms with Crippen LogP contribution in [0.3, 0.4) is 0 Å². The van der Waals surface area contributed by atoms with Gasteiger partial charge in [-0.25, -0.2) is 0 Å². The number of aliphatic imine (C=N–C) groups is 1. The predicted molar refractivity (Wildman–Crippen MR) is 28.3 cm³/mol. The first-order chi connectivity index (χ1) is 2.89. The molecule has 0 amide bonds. The van der Waals surface area contributed by atoms with Crippen LogP contribution in [-0.2, 0) is 10.7 Å². The molecule has 0 aromatic rings. The van der Waals surface area contributed by atoms with Crippen LogP contribution in [-0.4, -0.2) is 17.8 Å². The molecule has 0 fully saturated rings. The first-order valence-electron chi connectivity index (χ1n) is 1.80. The number of nitrogens with zero attached hydrogens (tertiary/aromatic N) is 1. The highest BCUT2D eigenvalue weighted by molar-refractivity contribution is 7.99. The molecule has 3 heteroatoms. The lowest BCUT2D eigenvalue weighted by Crippen LogP contribution is -1.86. The SMILES string of the molecule is N=S1C=NCC1. The molecule has 1 N–H and O–H groups in total. The molecule has 1 heterocycles. The van der Waals surface area contributed by atoms with Crippen molar-refractivity contribution in [3.63, 3.8) is 0 Å². The number of rotatable bonds is 0. The zero-order chi connectivity index (χ0) is 4.41. The zero-order valence-electron chi connectivity index (χ0n) is 3.35.